The van der Waals surface area contributed by atoms with Gasteiger partial charge in [0.15, 0.2) is 0 Å². The van der Waals surface area contributed by atoms with Gasteiger partial charge in [-0.1, -0.05) is 206 Å². The first-order chi connectivity index (χ1) is 31.7. The fraction of sp³-hybridized carbons (Fsp3) is 0. The summed E-state index contributed by atoms with van der Waals surface area (Å²) in [6.07, 6.45) is 0. The summed E-state index contributed by atoms with van der Waals surface area (Å²) in [4.78, 5) is 2.45. The molecular formula is C62H41NO. The Bertz CT molecular complexity index is 3630. The highest BCUT2D eigenvalue weighted by Gasteiger charge is 2.24. The van der Waals surface area contributed by atoms with Gasteiger partial charge < -0.3 is 9.32 Å². The van der Waals surface area contributed by atoms with Gasteiger partial charge in [0.2, 0.25) is 0 Å². The van der Waals surface area contributed by atoms with Crippen molar-refractivity contribution < 1.29 is 4.42 Å². The lowest BCUT2D eigenvalue weighted by Gasteiger charge is -2.28. The first-order valence-corrected chi connectivity index (χ1v) is 21.9. The van der Waals surface area contributed by atoms with E-state index in [9.17, 15) is 0 Å². The Morgan fingerprint density at radius 3 is 1.53 bits per heavy atom. The van der Waals surface area contributed by atoms with Crippen LogP contribution in [-0.2, 0) is 0 Å². The van der Waals surface area contributed by atoms with Gasteiger partial charge in [-0.15, -0.1) is 0 Å². The van der Waals surface area contributed by atoms with Crippen molar-refractivity contribution in [2.45, 2.75) is 0 Å². The predicted octanol–water partition coefficient (Wildman–Crippen LogP) is 17.7. The minimum Gasteiger partial charge on any atom is -0.455 e. The van der Waals surface area contributed by atoms with Crippen LogP contribution in [0, 0.1) is 0 Å². The second kappa shape index (κ2) is 15.8. The van der Waals surface area contributed by atoms with E-state index >= 15 is 0 Å². The standard InChI is InChI=1S/C62H41NO/c1-4-15-42(16-5-1)44-27-29-48(30-28-44)54-39-40-58(61-55-24-12-13-26-59(55)64-62(54)61)63(57-25-14-22-49-32-31-46-21-10-11-23-53(46)60(49)57)51-36-33-47(34-37-51)52-38-35-50(43-17-6-2-7-18-43)41-56(52)45-19-8-3-9-20-45/h1-41H. The molecule has 12 aromatic rings. The van der Waals surface area contributed by atoms with E-state index in [-0.39, 0.29) is 0 Å². The first-order valence-electron chi connectivity index (χ1n) is 21.9. The molecule has 0 aliphatic carbocycles. The van der Waals surface area contributed by atoms with Crippen LogP contribution in [0.3, 0.4) is 0 Å². The fourth-order valence-corrected chi connectivity index (χ4v) is 9.58. The fourth-order valence-electron chi connectivity index (χ4n) is 9.58. The Labute approximate surface area is 372 Å². The molecule has 1 heterocycles. The van der Waals surface area contributed by atoms with Gasteiger partial charge in [-0.2, -0.15) is 0 Å². The SMILES string of the molecule is c1ccc(-c2ccc(-c3ccc(N(c4ccc(-c5ccc(-c6ccccc6)cc5-c5ccccc5)cc4)c4cccc5ccc6ccccc6c45)c4c3oc3ccccc34)cc2)cc1. The third-order valence-electron chi connectivity index (χ3n) is 12.7. The van der Waals surface area contributed by atoms with E-state index in [0.717, 1.165) is 55.7 Å². The Morgan fingerprint density at radius 1 is 0.281 bits per heavy atom. The summed E-state index contributed by atoms with van der Waals surface area (Å²) in [6, 6.07) is 89.6. The molecule has 0 saturated carbocycles. The van der Waals surface area contributed by atoms with E-state index < -0.39 is 0 Å². The molecule has 0 amide bonds. The van der Waals surface area contributed by atoms with Crippen molar-refractivity contribution in [1.82, 2.24) is 0 Å². The molecule has 0 unspecified atom stereocenters. The van der Waals surface area contributed by atoms with Gasteiger partial charge in [0.05, 0.1) is 16.8 Å². The van der Waals surface area contributed by atoms with Crippen LogP contribution in [0.5, 0.6) is 0 Å². The number of rotatable bonds is 8. The van der Waals surface area contributed by atoms with Gasteiger partial charge in [0.1, 0.15) is 11.2 Å². The van der Waals surface area contributed by atoms with Crippen molar-refractivity contribution in [2.75, 3.05) is 4.90 Å². The molecular weight excluding hydrogens is 775 g/mol. The number of benzene rings is 11. The van der Waals surface area contributed by atoms with E-state index in [1.54, 1.807) is 0 Å². The van der Waals surface area contributed by atoms with Gasteiger partial charge in [-0.3, -0.25) is 0 Å². The number of furan rings is 1. The molecule has 1 aromatic heterocycles. The summed E-state index contributed by atoms with van der Waals surface area (Å²) in [5.74, 6) is 0. The van der Waals surface area contributed by atoms with Gasteiger partial charge in [-0.05, 0) is 109 Å². The maximum absolute atomic E-state index is 6.92. The van der Waals surface area contributed by atoms with Crippen molar-refractivity contribution in [2.24, 2.45) is 0 Å². The summed E-state index contributed by atoms with van der Waals surface area (Å²) < 4.78 is 6.92. The van der Waals surface area contributed by atoms with E-state index in [4.69, 9.17) is 4.42 Å². The second-order valence-electron chi connectivity index (χ2n) is 16.4. The maximum Gasteiger partial charge on any atom is 0.145 e. The molecule has 0 aliphatic heterocycles. The van der Waals surface area contributed by atoms with Crippen LogP contribution >= 0.6 is 0 Å². The Hall–Kier alpha value is -8.46. The summed E-state index contributed by atoms with van der Waals surface area (Å²) in [7, 11) is 0. The lowest BCUT2D eigenvalue weighted by molar-refractivity contribution is 0.670. The molecule has 64 heavy (non-hydrogen) atoms. The van der Waals surface area contributed by atoms with Crippen molar-refractivity contribution in [3.05, 3.63) is 249 Å². The summed E-state index contributed by atoms with van der Waals surface area (Å²) >= 11 is 0. The van der Waals surface area contributed by atoms with Crippen molar-refractivity contribution >= 4 is 60.5 Å². The summed E-state index contributed by atoms with van der Waals surface area (Å²) in [5.41, 5.74) is 16.6. The van der Waals surface area contributed by atoms with Crippen LogP contribution in [0.2, 0.25) is 0 Å². The molecule has 0 N–H and O–H groups in total. The molecule has 0 radical (unpaired) electrons. The molecule has 2 nitrogen and oxygen atoms in total. The minimum absolute atomic E-state index is 0.859. The van der Waals surface area contributed by atoms with E-state index in [1.807, 2.05) is 0 Å². The van der Waals surface area contributed by atoms with E-state index in [2.05, 4.69) is 254 Å². The number of hydrogen-bond acceptors (Lipinski definition) is 2. The Balaban J connectivity index is 1.07. The zero-order chi connectivity index (χ0) is 42.4. The minimum atomic E-state index is 0.859. The monoisotopic (exact) mass is 815 g/mol. The van der Waals surface area contributed by atoms with Crippen LogP contribution in [0.25, 0.3) is 99.1 Å². The zero-order valence-electron chi connectivity index (χ0n) is 35.0. The Morgan fingerprint density at radius 2 is 0.781 bits per heavy atom. The molecule has 2 heteroatoms. The third kappa shape index (κ3) is 6.52. The maximum atomic E-state index is 6.92. The first kappa shape index (κ1) is 37.3. The highest BCUT2D eigenvalue weighted by molar-refractivity contribution is 6.20. The van der Waals surface area contributed by atoms with Crippen LogP contribution in [0.4, 0.5) is 17.1 Å². The quantitative estimate of drug-likeness (QED) is 0.142. The van der Waals surface area contributed by atoms with E-state index in [0.29, 0.717) is 0 Å². The van der Waals surface area contributed by atoms with Crippen LogP contribution in [0.1, 0.15) is 0 Å². The topological polar surface area (TPSA) is 16.4 Å². The zero-order valence-corrected chi connectivity index (χ0v) is 35.0. The molecule has 0 saturated heterocycles. The largest absolute Gasteiger partial charge is 0.455 e. The number of hydrogen-bond donors (Lipinski definition) is 0. The molecule has 0 atom stereocenters. The second-order valence-corrected chi connectivity index (χ2v) is 16.4. The van der Waals surface area contributed by atoms with Crippen LogP contribution in [-0.4, -0.2) is 0 Å². The highest BCUT2D eigenvalue weighted by Crippen LogP contribution is 2.49. The van der Waals surface area contributed by atoms with Crippen LogP contribution in [0.15, 0.2) is 253 Å². The lowest BCUT2D eigenvalue weighted by Crippen LogP contribution is -2.11. The molecule has 0 aliphatic rings. The van der Waals surface area contributed by atoms with Crippen molar-refractivity contribution in [1.29, 1.82) is 0 Å². The summed E-state index contributed by atoms with van der Waals surface area (Å²) in [6.45, 7) is 0. The summed E-state index contributed by atoms with van der Waals surface area (Å²) in [5, 5.41) is 6.96. The van der Waals surface area contributed by atoms with E-state index in [1.165, 1.54) is 60.5 Å². The normalized spacial score (nSPS) is 11.4. The smallest absolute Gasteiger partial charge is 0.145 e. The van der Waals surface area contributed by atoms with Crippen molar-refractivity contribution in [3.8, 4) is 55.6 Å². The molecule has 12 rings (SSSR count). The number of para-hydroxylation sites is 1. The van der Waals surface area contributed by atoms with Gasteiger partial charge in [0.25, 0.3) is 0 Å². The molecule has 0 bridgehead atoms. The van der Waals surface area contributed by atoms with Gasteiger partial charge >= 0.3 is 0 Å². The molecule has 0 fully saturated rings. The number of fused-ring (bicyclic) bond motifs is 6. The van der Waals surface area contributed by atoms with Crippen LogP contribution < -0.4 is 4.90 Å². The lowest BCUT2D eigenvalue weighted by atomic mass is 9.91. The average molecular weight is 816 g/mol. The number of nitrogens with zero attached hydrogens (tertiary/aromatic N) is 1. The van der Waals surface area contributed by atoms with Crippen molar-refractivity contribution in [3.63, 3.8) is 0 Å². The Kier molecular flexibility index (Phi) is 9.20. The molecule has 300 valence electrons. The van der Waals surface area contributed by atoms with Gasteiger partial charge in [0, 0.05) is 22.0 Å². The number of anilines is 3. The molecule has 0 spiro atoms. The predicted molar refractivity (Wildman–Crippen MR) is 271 cm³/mol. The average Bonchev–Trinajstić information content (AvgIpc) is 3.77. The van der Waals surface area contributed by atoms with Gasteiger partial charge in [-0.25, -0.2) is 0 Å². The molecule has 11 aromatic carbocycles. The third-order valence-corrected chi connectivity index (χ3v) is 12.7. The highest BCUT2D eigenvalue weighted by atomic mass is 16.3.